The first-order valence-electron chi connectivity index (χ1n) is 6.18. The zero-order valence-corrected chi connectivity index (χ0v) is 11.5. The number of nitrogens with zero attached hydrogens (tertiary/aromatic N) is 2. The van der Waals surface area contributed by atoms with Crippen LogP contribution in [0.15, 0.2) is 12.1 Å². The maximum Gasteiger partial charge on any atom is 0.418 e. The second kappa shape index (κ2) is 5.69. The monoisotopic (exact) mass is 324 g/mol. The van der Waals surface area contributed by atoms with Crippen molar-refractivity contribution >= 4 is 23.0 Å². The molecule has 116 valence electrons. The number of rotatable bonds is 3. The minimum atomic E-state index is -4.76. The predicted octanol–water partition coefficient (Wildman–Crippen LogP) is 3.23. The molecule has 1 atom stereocenters. The molecule has 1 aromatic rings. The number of nitro benzene ring substituents is 1. The summed E-state index contributed by atoms with van der Waals surface area (Å²) >= 11 is 5.63. The molecule has 0 radical (unpaired) electrons. The number of aliphatic hydroxyl groups is 1. The summed E-state index contributed by atoms with van der Waals surface area (Å²) in [5.41, 5.74) is -1.89. The molecular formula is C12H12ClF3N2O3. The minimum absolute atomic E-state index is 0.00884. The van der Waals surface area contributed by atoms with E-state index in [0.29, 0.717) is 25.5 Å². The molecule has 0 saturated carbocycles. The summed E-state index contributed by atoms with van der Waals surface area (Å²) in [6, 6.07) is 1.05. The lowest BCUT2D eigenvalue weighted by Gasteiger charge is -2.25. The van der Waals surface area contributed by atoms with E-state index in [9.17, 15) is 28.4 Å². The van der Waals surface area contributed by atoms with Crippen molar-refractivity contribution in [1.29, 1.82) is 0 Å². The van der Waals surface area contributed by atoms with Gasteiger partial charge in [-0.25, -0.2) is 0 Å². The van der Waals surface area contributed by atoms with E-state index in [-0.39, 0.29) is 18.3 Å². The molecule has 1 aliphatic rings. The highest BCUT2D eigenvalue weighted by atomic mass is 35.5. The Kier molecular flexibility index (Phi) is 4.29. The Morgan fingerprint density at radius 1 is 1.48 bits per heavy atom. The zero-order valence-electron chi connectivity index (χ0n) is 10.7. The fourth-order valence-corrected chi connectivity index (χ4v) is 2.75. The van der Waals surface area contributed by atoms with Gasteiger partial charge in [0.05, 0.1) is 28.2 Å². The first kappa shape index (κ1) is 15.8. The molecule has 1 saturated heterocycles. The number of benzene rings is 1. The molecule has 0 unspecified atom stereocenters. The van der Waals surface area contributed by atoms with Gasteiger partial charge in [-0.15, -0.1) is 0 Å². The molecule has 1 heterocycles. The third-order valence-electron chi connectivity index (χ3n) is 3.46. The molecule has 0 bridgehead atoms. The third kappa shape index (κ3) is 3.06. The van der Waals surface area contributed by atoms with Crippen LogP contribution < -0.4 is 4.90 Å². The van der Waals surface area contributed by atoms with E-state index in [0.717, 1.165) is 6.07 Å². The largest absolute Gasteiger partial charge is 0.418 e. The summed E-state index contributed by atoms with van der Waals surface area (Å²) in [5.74, 6) is 0. The van der Waals surface area contributed by atoms with Gasteiger partial charge in [0.2, 0.25) is 0 Å². The van der Waals surface area contributed by atoms with Gasteiger partial charge in [0.1, 0.15) is 5.69 Å². The summed E-state index contributed by atoms with van der Waals surface area (Å²) in [6.07, 6.45) is -3.45. The number of hydrogen-bond acceptors (Lipinski definition) is 4. The molecule has 0 aromatic heterocycles. The summed E-state index contributed by atoms with van der Waals surface area (Å²) in [7, 11) is 0. The Morgan fingerprint density at radius 2 is 2.14 bits per heavy atom. The van der Waals surface area contributed by atoms with E-state index in [1.54, 1.807) is 0 Å². The first-order valence-corrected chi connectivity index (χ1v) is 6.56. The minimum Gasteiger partial charge on any atom is -0.394 e. The molecule has 2 rings (SSSR count). The molecule has 0 spiro atoms. The third-order valence-corrected chi connectivity index (χ3v) is 3.78. The van der Waals surface area contributed by atoms with Crippen LogP contribution in [0.5, 0.6) is 0 Å². The van der Waals surface area contributed by atoms with E-state index in [1.165, 1.54) is 4.90 Å². The highest BCUT2D eigenvalue weighted by Gasteiger charge is 2.38. The molecular weight excluding hydrogens is 313 g/mol. The van der Waals surface area contributed by atoms with Crippen molar-refractivity contribution in [3.05, 3.63) is 32.8 Å². The van der Waals surface area contributed by atoms with Crippen molar-refractivity contribution in [2.24, 2.45) is 0 Å². The topological polar surface area (TPSA) is 66.6 Å². The zero-order chi connectivity index (χ0) is 15.8. The number of hydrogen-bond donors (Lipinski definition) is 1. The van der Waals surface area contributed by atoms with Crippen LogP contribution in [0, 0.1) is 10.1 Å². The normalized spacial score (nSPS) is 19.1. The van der Waals surface area contributed by atoms with Crippen LogP contribution in [0.25, 0.3) is 0 Å². The van der Waals surface area contributed by atoms with Crippen LogP contribution in [-0.4, -0.2) is 29.2 Å². The quantitative estimate of drug-likeness (QED) is 0.684. The van der Waals surface area contributed by atoms with Crippen molar-refractivity contribution in [3.63, 3.8) is 0 Å². The van der Waals surface area contributed by atoms with E-state index in [4.69, 9.17) is 11.6 Å². The van der Waals surface area contributed by atoms with Crippen molar-refractivity contribution in [1.82, 2.24) is 0 Å². The van der Waals surface area contributed by atoms with E-state index >= 15 is 0 Å². The van der Waals surface area contributed by atoms with Crippen LogP contribution in [0.4, 0.5) is 24.5 Å². The fraction of sp³-hybridized carbons (Fsp3) is 0.500. The lowest BCUT2D eigenvalue weighted by atomic mass is 10.1. The van der Waals surface area contributed by atoms with E-state index in [1.807, 2.05) is 0 Å². The molecule has 0 aliphatic carbocycles. The smallest absolute Gasteiger partial charge is 0.394 e. The highest BCUT2D eigenvalue weighted by Crippen LogP contribution is 2.42. The van der Waals surface area contributed by atoms with Gasteiger partial charge in [-0.1, -0.05) is 11.6 Å². The Bertz CT molecular complexity index is 565. The van der Waals surface area contributed by atoms with Crippen molar-refractivity contribution in [2.45, 2.75) is 25.1 Å². The summed E-state index contributed by atoms with van der Waals surface area (Å²) in [5, 5.41) is 19.7. The van der Waals surface area contributed by atoms with E-state index in [2.05, 4.69) is 0 Å². The van der Waals surface area contributed by atoms with Gasteiger partial charge in [0.15, 0.2) is 0 Å². The second-order valence-corrected chi connectivity index (χ2v) is 5.15. The Hall–Kier alpha value is -1.54. The molecule has 5 nitrogen and oxygen atoms in total. The van der Waals surface area contributed by atoms with Gasteiger partial charge in [-0.3, -0.25) is 10.1 Å². The fourth-order valence-electron chi connectivity index (χ4n) is 2.49. The van der Waals surface area contributed by atoms with Gasteiger partial charge in [-0.05, 0) is 18.9 Å². The molecule has 1 fully saturated rings. The maximum absolute atomic E-state index is 12.8. The lowest BCUT2D eigenvalue weighted by molar-refractivity contribution is -0.384. The number of aliphatic hydroxyl groups excluding tert-OH is 1. The average molecular weight is 325 g/mol. The SMILES string of the molecule is O=[N+]([O-])c1cc(C(F)(F)F)c(Cl)cc1N1CCC[C@@H]1CO. The molecule has 0 amide bonds. The van der Waals surface area contributed by atoms with Crippen molar-refractivity contribution in [2.75, 3.05) is 18.1 Å². The van der Waals surface area contributed by atoms with Crippen molar-refractivity contribution in [3.8, 4) is 0 Å². The number of nitro groups is 1. The van der Waals surface area contributed by atoms with Crippen LogP contribution in [0.3, 0.4) is 0 Å². The molecule has 21 heavy (non-hydrogen) atoms. The van der Waals surface area contributed by atoms with Gasteiger partial charge >= 0.3 is 6.18 Å². The Morgan fingerprint density at radius 3 is 2.67 bits per heavy atom. The number of halogens is 4. The molecule has 1 N–H and O–H groups in total. The maximum atomic E-state index is 12.8. The van der Waals surface area contributed by atoms with Gasteiger partial charge in [0.25, 0.3) is 5.69 Å². The predicted molar refractivity (Wildman–Crippen MR) is 70.6 cm³/mol. The lowest BCUT2D eigenvalue weighted by Crippen LogP contribution is -2.32. The standard InChI is InChI=1S/C12H12ClF3N2O3/c13-9-5-10(17-3-1-2-7(17)6-19)11(18(20)21)4-8(9)12(14,15)16/h4-5,7,19H,1-3,6H2/t7-/m1/s1. The Labute approximate surface area is 123 Å². The highest BCUT2D eigenvalue weighted by molar-refractivity contribution is 6.31. The summed E-state index contributed by atoms with van der Waals surface area (Å²) in [6.45, 7) is 0.198. The summed E-state index contributed by atoms with van der Waals surface area (Å²) in [4.78, 5) is 11.7. The average Bonchev–Trinajstić information content (AvgIpc) is 2.84. The van der Waals surface area contributed by atoms with Crippen LogP contribution in [-0.2, 0) is 6.18 Å². The first-order chi connectivity index (χ1) is 9.75. The molecule has 1 aromatic carbocycles. The van der Waals surface area contributed by atoms with E-state index < -0.39 is 27.4 Å². The number of alkyl halides is 3. The van der Waals surface area contributed by atoms with Crippen LogP contribution >= 0.6 is 11.6 Å². The van der Waals surface area contributed by atoms with Crippen LogP contribution in [0.2, 0.25) is 5.02 Å². The molecule has 1 aliphatic heterocycles. The van der Waals surface area contributed by atoms with Crippen molar-refractivity contribution < 1.29 is 23.2 Å². The van der Waals surface area contributed by atoms with Gasteiger partial charge in [0, 0.05) is 12.6 Å². The van der Waals surface area contributed by atoms with Gasteiger partial charge in [-0.2, -0.15) is 13.2 Å². The molecule has 9 heteroatoms. The second-order valence-electron chi connectivity index (χ2n) is 4.75. The van der Waals surface area contributed by atoms with Gasteiger partial charge < -0.3 is 10.0 Å². The number of anilines is 1. The summed E-state index contributed by atoms with van der Waals surface area (Å²) < 4.78 is 38.3. The van der Waals surface area contributed by atoms with Crippen LogP contribution in [0.1, 0.15) is 18.4 Å². The Balaban J connectivity index is 2.56.